The highest BCUT2D eigenvalue weighted by atomic mass is 32.2. The fraction of sp³-hybridized carbons (Fsp3) is 0.294. The second kappa shape index (κ2) is 8.06. The monoisotopic (exact) mass is 369 g/mol. The lowest BCUT2D eigenvalue weighted by Gasteiger charge is -2.15. The van der Waals surface area contributed by atoms with Gasteiger partial charge in [0.15, 0.2) is 11.5 Å². The molecule has 0 aliphatic carbocycles. The molecule has 2 aromatic carbocycles. The molecule has 8 heteroatoms. The number of anilines is 1. The normalized spacial score (nSPS) is 11.0. The van der Waals surface area contributed by atoms with Gasteiger partial charge in [0, 0.05) is 12.1 Å². The van der Waals surface area contributed by atoms with Gasteiger partial charge in [-0.3, -0.25) is 4.72 Å². The van der Waals surface area contributed by atoms with Gasteiger partial charge >= 0.3 is 0 Å². The summed E-state index contributed by atoms with van der Waals surface area (Å²) >= 11 is 0. The van der Waals surface area contributed by atoms with Gasteiger partial charge in [-0.25, -0.2) is 12.8 Å². The lowest BCUT2D eigenvalue weighted by Crippen LogP contribution is -2.16. The van der Waals surface area contributed by atoms with Crippen LogP contribution in [0.5, 0.6) is 17.2 Å². The molecule has 6 nitrogen and oxygen atoms in total. The van der Waals surface area contributed by atoms with E-state index in [1.807, 2.05) is 6.92 Å². The topological polar surface area (TPSA) is 73.9 Å². The number of hydrogen-bond acceptors (Lipinski definition) is 5. The molecule has 2 rings (SSSR count). The molecule has 0 amide bonds. The maximum Gasteiger partial charge on any atom is 0.265 e. The molecule has 2 aromatic rings. The average Bonchev–Trinajstić information content (AvgIpc) is 2.60. The lowest BCUT2D eigenvalue weighted by molar-refractivity contribution is 0.319. The molecule has 0 aromatic heterocycles. The van der Waals surface area contributed by atoms with Crippen LogP contribution in [0.4, 0.5) is 10.1 Å². The number of para-hydroxylation sites is 2. The molecule has 0 spiro atoms. The van der Waals surface area contributed by atoms with Crippen LogP contribution in [0.2, 0.25) is 0 Å². The van der Waals surface area contributed by atoms with E-state index in [2.05, 4.69) is 4.72 Å². The first-order chi connectivity index (χ1) is 11.9. The molecule has 0 saturated heterocycles. The van der Waals surface area contributed by atoms with E-state index in [1.165, 1.54) is 14.2 Å². The van der Waals surface area contributed by atoms with E-state index in [4.69, 9.17) is 14.2 Å². The zero-order valence-corrected chi connectivity index (χ0v) is 15.0. The Kier molecular flexibility index (Phi) is 6.08. The van der Waals surface area contributed by atoms with Crippen molar-refractivity contribution in [3.8, 4) is 17.2 Å². The van der Waals surface area contributed by atoms with Gasteiger partial charge in [-0.15, -0.1) is 0 Å². The third-order valence-corrected chi connectivity index (χ3v) is 4.70. The van der Waals surface area contributed by atoms with Crippen LogP contribution >= 0.6 is 0 Å². The van der Waals surface area contributed by atoms with Crippen LogP contribution in [0, 0.1) is 5.82 Å². The van der Waals surface area contributed by atoms with Gasteiger partial charge in [-0.05, 0) is 18.6 Å². The Labute approximate surface area is 146 Å². The zero-order chi connectivity index (χ0) is 18.4. The summed E-state index contributed by atoms with van der Waals surface area (Å²) in [5.41, 5.74) is 0.227. The highest BCUT2D eigenvalue weighted by molar-refractivity contribution is 7.92. The highest BCUT2D eigenvalue weighted by Gasteiger charge is 2.24. The van der Waals surface area contributed by atoms with Gasteiger partial charge < -0.3 is 14.2 Å². The number of rotatable bonds is 8. The molecule has 0 aliphatic heterocycles. The van der Waals surface area contributed by atoms with E-state index in [9.17, 15) is 12.8 Å². The van der Waals surface area contributed by atoms with Gasteiger partial charge in [0.2, 0.25) is 0 Å². The molecule has 0 fully saturated rings. The summed E-state index contributed by atoms with van der Waals surface area (Å²) < 4.78 is 57.4. The standard InChI is InChI=1S/C17H20FNO5S/c1-4-9-24-14-8-6-5-7-13(14)19-25(20,21)17-11-16(23-3)15(22-2)10-12(17)18/h5-8,10-11,19H,4,9H2,1-3H3. The van der Waals surface area contributed by atoms with Crippen molar-refractivity contribution in [3.63, 3.8) is 0 Å². The summed E-state index contributed by atoms with van der Waals surface area (Å²) in [6.07, 6.45) is 0.769. The second-order valence-electron chi connectivity index (χ2n) is 5.09. The third-order valence-electron chi connectivity index (χ3n) is 3.32. The summed E-state index contributed by atoms with van der Waals surface area (Å²) in [5.74, 6) is -0.365. The number of sulfonamides is 1. The molecule has 0 atom stereocenters. The summed E-state index contributed by atoms with van der Waals surface area (Å²) in [6, 6.07) is 8.60. The maximum absolute atomic E-state index is 14.3. The molecule has 0 aliphatic rings. The number of halogens is 1. The van der Waals surface area contributed by atoms with Crippen LogP contribution in [0.25, 0.3) is 0 Å². The Morgan fingerprint density at radius 1 is 1.04 bits per heavy atom. The molecular formula is C17H20FNO5S. The van der Waals surface area contributed by atoms with Crippen molar-refractivity contribution in [1.82, 2.24) is 0 Å². The van der Waals surface area contributed by atoms with Crippen LogP contribution in [-0.4, -0.2) is 29.2 Å². The fourth-order valence-electron chi connectivity index (χ4n) is 2.13. The van der Waals surface area contributed by atoms with Crippen molar-refractivity contribution >= 4 is 15.7 Å². The molecule has 0 bridgehead atoms. The largest absolute Gasteiger partial charge is 0.493 e. The third kappa shape index (κ3) is 4.33. The molecule has 0 saturated carbocycles. The Morgan fingerprint density at radius 3 is 2.32 bits per heavy atom. The number of benzene rings is 2. The predicted octanol–water partition coefficient (Wildman–Crippen LogP) is 3.43. The first-order valence-corrected chi connectivity index (χ1v) is 9.07. The molecule has 136 valence electrons. The smallest absolute Gasteiger partial charge is 0.265 e. The van der Waals surface area contributed by atoms with Crippen molar-refractivity contribution in [2.45, 2.75) is 18.2 Å². The van der Waals surface area contributed by atoms with Gasteiger partial charge in [0.1, 0.15) is 16.5 Å². The first-order valence-electron chi connectivity index (χ1n) is 7.59. The van der Waals surface area contributed by atoms with E-state index >= 15 is 0 Å². The number of hydrogen-bond donors (Lipinski definition) is 1. The zero-order valence-electron chi connectivity index (χ0n) is 14.2. The van der Waals surface area contributed by atoms with E-state index in [0.29, 0.717) is 12.4 Å². The van der Waals surface area contributed by atoms with Crippen LogP contribution in [0.1, 0.15) is 13.3 Å². The maximum atomic E-state index is 14.3. The van der Waals surface area contributed by atoms with Gasteiger partial charge in [0.05, 0.1) is 26.5 Å². The first kappa shape index (κ1) is 18.9. The molecular weight excluding hydrogens is 349 g/mol. The molecule has 0 heterocycles. The molecule has 25 heavy (non-hydrogen) atoms. The minimum absolute atomic E-state index is 0.102. The molecule has 1 N–H and O–H groups in total. The Hall–Kier alpha value is -2.48. The van der Waals surface area contributed by atoms with Crippen LogP contribution in [0.3, 0.4) is 0 Å². The highest BCUT2D eigenvalue weighted by Crippen LogP contribution is 2.33. The number of methoxy groups -OCH3 is 2. The summed E-state index contributed by atoms with van der Waals surface area (Å²) in [4.78, 5) is -0.546. The number of ether oxygens (including phenoxy) is 3. The van der Waals surface area contributed by atoms with Gasteiger partial charge in [0.25, 0.3) is 10.0 Å². The van der Waals surface area contributed by atoms with E-state index in [1.54, 1.807) is 24.3 Å². The summed E-state index contributed by atoms with van der Waals surface area (Å²) in [6.45, 7) is 2.37. The van der Waals surface area contributed by atoms with Gasteiger partial charge in [-0.1, -0.05) is 19.1 Å². The minimum atomic E-state index is -4.19. The molecule has 0 unspecified atom stereocenters. The lowest BCUT2D eigenvalue weighted by atomic mass is 10.3. The van der Waals surface area contributed by atoms with Crippen molar-refractivity contribution < 1.29 is 27.0 Å². The van der Waals surface area contributed by atoms with Crippen molar-refractivity contribution in [3.05, 3.63) is 42.2 Å². The minimum Gasteiger partial charge on any atom is -0.493 e. The van der Waals surface area contributed by atoms with E-state index < -0.39 is 20.7 Å². The van der Waals surface area contributed by atoms with Gasteiger partial charge in [-0.2, -0.15) is 0 Å². The van der Waals surface area contributed by atoms with Crippen molar-refractivity contribution in [2.75, 3.05) is 25.5 Å². The van der Waals surface area contributed by atoms with Crippen LogP contribution in [0.15, 0.2) is 41.3 Å². The summed E-state index contributed by atoms with van der Waals surface area (Å²) in [7, 11) is -1.51. The van der Waals surface area contributed by atoms with Crippen molar-refractivity contribution in [1.29, 1.82) is 0 Å². The van der Waals surface area contributed by atoms with Crippen molar-refractivity contribution in [2.24, 2.45) is 0 Å². The van der Waals surface area contributed by atoms with E-state index in [-0.39, 0.29) is 17.2 Å². The Morgan fingerprint density at radius 2 is 1.68 bits per heavy atom. The van der Waals surface area contributed by atoms with Crippen LogP contribution < -0.4 is 18.9 Å². The fourth-order valence-corrected chi connectivity index (χ4v) is 3.28. The second-order valence-corrected chi connectivity index (χ2v) is 6.74. The average molecular weight is 369 g/mol. The van der Waals surface area contributed by atoms with Crippen LogP contribution in [-0.2, 0) is 10.0 Å². The SMILES string of the molecule is CCCOc1ccccc1NS(=O)(=O)c1cc(OC)c(OC)cc1F. The number of nitrogens with one attached hydrogen (secondary N) is 1. The Bertz CT molecular complexity index is 839. The predicted molar refractivity (Wildman–Crippen MR) is 92.5 cm³/mol. The quantitative estimate of drug-likeness (QED) is 0.772. The molecule has 0 radical (unpaired) electrons. The Balaban J connectivity index is 2.41. The van der Waals surface area contributed by atoms with E-state index in [0.717, 1.165) is 18.6 Å². The summed E-state index contributed by atoms with van der Waals surface area (Å²) in [5, 5.41) is 0.